The second-order valence-corrected chi connectivity index (χ2v) is 8.10. The molecule has 0 saturated carbocycles. The Bertz CT molecular complexity index is 866. The Labute approximate surface area is 170 Å². The van der Waals surface area contributed by atoms with Crippen LogP contribution in [0.1, 0.15) is 62.5 Å². The molecule has 1 amide bonds. The summed E-state index contributed by atoms with van der Waals surface area (Å²) < 4.78 is 6.69. The van der Waals surface area contributed by atoms with E-state index in [1.807, 2.05) is 39.1 Å². The molecule has 152 valence electrons. The van der Waals surface area contributed by atoms with Crippen molar-refractivity contribution < 1.29 is 19.1 Å². The molecule has 0 atom stereocenters. The normalized spacial score (nSPS) is 11.0. The van der Waals surface area contributed by atoms with Crippen LogP contribution in [-0.4, -0.2) is 47.3 Å². The van der Waals surface area contributed by atoms with Crippen molar-refractivity contribution in [3.63, 3.8) is 0 Å². The first kappa shape index (κ1) is 21.9. The summed E-state index contributed by atoms with van der Waals surface area (Å²) >= 11 is 1.36. The fourth-order valence-corrected chi connectivity index (χ4v) is 4.22. The number of nitrogens with zero attached hydrogens (tertiary/aromatic N) is 2. The Morgan fingerprint density at radius 3 is 2.43 bits per heavy atom. The Kier molecular flexibility index (Phi) is 7.18. The van der Waals surface area contributed by atoms with Crippen LogP contribution in [-0.2, 0) is 11.3 Å². The van der Waals surface area contributed by atoms with Crippen molar-refractivity contribution in [2.45, 2.75) is 41.2 Å². The smallest absolute Gasteiger partial charge is 0.354 e. The van der Waals surface area contributed by atoms with E-state index >= 15 is 0 Å². The maximum Gasteiger partial charge on any atom is 0.354 e. The van der Waals surface area contributed by atoms with Gasteiger partial charge in [0, 0.05) is 24.3 Å². The van der Waals surface area contributed by atoms with Gasteiger partial charge in [0.2, 0.25) is 0 Å². The number of Topliss-reactive ketones (excluding diaryl/α,β-unsaturated/α-hetero) is 1. The number of aromatic nitrogens is 1. The fraction of sp³-hybridized carbons (Fsp3) is 0.476. The summed E-state index contributed by atoms with van der Waals surface area (Å²) in [6.45, 7) is 10.5. The van der Waals surface area contributed by atoms with Crippen molar-refractivity contribution in [1.82, 2.24) is 9.47 Å². The van der Waals surface area contributed by atoms with Gasteiger partial charge in [0.05, 0.1) is 18.5 Å². The highest BCUT2D eigenvalue weighted by molar-refractivity contribution is 7.12. The van der Waals surface area contributed by atoms with E-state index in [0.717, 1.165) is 5.69 Å². The van der Waals surface area contributed by atoms with Crippen LogP contribution in [0.5, 0.6) is 0 Å². The van der Waals surface area contributed by atoms with Gasteiger partial charge in [0.1, 0.15) is 5.69 Å². The van der Waals surface area contributed by atoms with Crippen LogP contribution in [0.2, 0.25) is 0 Å². The first-order valence-corrected chi connectivity index (χ1v) is 10.2. The van der Waals surface area contributed by atoms with Crippen molar-refractivity contribution in [2.75, 3.05) is 20.2 Å². The number of ketones is 1. The minimum absolute atomic E-state index is 0.0229. The predicted molar refractivity (Wildman–Crippen MR) is 110 cm³/mol. The van der Waals surface area contributed by atoms with E-state index in [9.17, 15) is 14.4 Å². The van der Waals surface area contributed by atoms with Crippen LogP contribution in [0, 0.1) is 19.8 Å². The summed E-state index contributed by atoms with van der Waals surface area (Å²) in [4.78, 5) is 40.5. The van der Waals surface area contributed by atoms with Gasteiger partial charge in [-0.05, 0) is 43.7 Å². The van der Waals surface area contributed by atoms with Crippen molar-refractivity contribution in [2.24, 2.45) is 5.92 Å². The van der Waals surface area contributed by atoms with Crippen molar-refractivity contribution in [1.29, 1.82) is 0 Å². The largest absolute Gasteiger partial charge is 0.464 e. The SMILES string of the molecule is CCn1c(C)c(C(=O)CN(CC(C)C)C(=O)c2cccs2)c(C)c1C(=O)OC. The number of carbonyl (C=O) groups excluding carboxylic acids is 3. The minimum Gasteiger partial charge on any atom is -0.464 e. The van der Waals surface area contributed by atoms with E-state index in [0.29, 0.717) is 34.8 Å². The van der Waals surface area contributed by atoms with Gasteiger partial charge in [-0.25, -0.2) is 4.79 Å². The third kappa shape index (κ3) is 4.35. The van der Waals surface area contributed by atoms with E-state index in [-0.39, 0.29) is 24.2 Å². The van der Waals surface area contributed by atoms with E-state index in [1.54, 1.807) is 22.5 Å². The van der Waals surface area contributed by atoms with Gasteiger partial charge < -0.3 is 14.2 Å². The molecule has 0 unspecified atom stereocenters. The van der Waals surface area contributed by atoms with Crippen LogP contribution in [0.15, 0.2) is 17.5 Å². The molecule has 6 nitrogen and oxygen atoms in total. The molecule has 2 aromatic rings. The molecule has 7 heteroatoms. The Morgan fingerprint density at radius 1 is 1.25 bits per heavy atom. The Balaban J connectivity index is 2.39. The third-order valence-electron chi connectivity index (χ3n) is 4.68. The van der Waals surface area contributed by atoms with Crippen LogP contribution < -0.4 is 0 Å². The second kappa shape index (κ2) is 9.19. The maximum atomic E-state index is 13.2. The summed E-state index contributed by atoms with van der Waals surface area (Å²) in [6, 6.07) is 3.59. The number of hydrogen-bond donors (Lipinski definition) is 0. The number of carbonyl (C=O) groups is 3. The number of ether oxygens (including phenoxy) is 1. The van der Waals surface area contributed by atoms with Gasteiger partial charge in [-0.1, -0.05) is 19.9 Å². The van der Waals surface area contributed by atoms with E-state index in [4.69, 9.17) is 4.74 Å². The molecule has 0 radical (unpaired) electrons. The Morgan fingerprint density at radius 2 is 1.93 bits per heavy atom. The van der Waals surface area contributed by atoms with Crippen LogP contribution >= 0.6 is 11.3 Å². The van der Waals surface area contributed by atoms with Gasteiger partial charge in [0.25, 0.3) is 5.91 Å². The molecule has 2 heterocycles. The minimum atomic E-state index is -0.463. The van der Waals surface area contributed by atoms with Gasteiger partial charge in [0.15, 0.2) is 5.78 Å². The molecule has 2 aromatic heterocycles. The molecule has 0 N–H and O–H groups in total. The molecule has 0 fully saturated rings. The van der Waals surface area contributed by atoms with Crippen LogP contribution in [0.4, 0.5) is 0 Å². The first-order chi connectivity index (χ1) is 13.2. The zero-order valence-corrected chi connectivity index (χ0v) is 18.2. The van der Waals surface area contributed by atoms with Crippen molar-refractivity contribution >= 4 is 29.0 Å². The fourth-order valence-electron chi connectivity index (χ4n) is 3.53. The molecule has 0 spiro atoms. The number of thiophene rings is 1. The lowest BCUT2D eigenvalue weighted by molar-refractivity contribution is 0.0587. The summed E-state index contributed by atoms with van der Waals surface area (Å²) in [5.41, 5.74) is 2.21. The third-order valence-corrected chi connectivity index (χ3v) is 5.54. The summed E-state index contributed by atoms with van der Waals surface area (Å²) in [5, 5.41) is 1.85. The average molecular weight is 405 g/mol. The van der Waals surface area contributed by atoms with Gasteiger partial charge in [-0.2, -0.15) is 0 Å². The molecule has 2 rings (SSSR count). The van der Waals surface area contributed by atoms with Crippen LogP contribution in [0.25, 0.3) is 0 Å². The molecule has 0 saturated heterocycles. The highest BCUT2D eigenvalue weighted by Gasteiger charge is 2.28. The lowest BCUT2D eigenvalue weighted by Crippen LogP contribution is -2.38. The van der Waals surface area contributed by atoms with Crippen molar-refractivity contribution in [3.8, 4) is 0 Å². The van der Waals surface area contributed by atoms with Gasteiger partial charge in [-0.15, -0.1) is 11.3 Å². The van der Waals surface area contributed by atoms with E-state index in [2.05, 4.69) is 0 Å². The number of hydrogen-bond acceptors (Lipinski definition) is 5. The first-order valence-electron chi connectivity index (χ1n) is 9.36. The number of methoxy groups -OCH3 is 1. The van der Waals surface area contributed by atoms with Crippen LogP contribution in [0.3, 0.4) is 0 Å². The molecule has 0 aliphatic rings. The molecule has 28 heavy (non-hydrogen) atoms. The summed E-state index contributed by atoms with van der Waals surface area (Å²) in [6.07, 6.45) is 0. The van der Waals surface area contributed by atoms with E-state index < -0.39 is 5.97 Å². The zero-order chi connectivity index (χ0) is 21.0. The predicted octanol–water partition coefficient (Wildman–Crippen LogP) is 3.95. The lowest BCUT2D eigenvalue weighted by Gasteiger charge is -2.23. The zero-order valence-electron chi connectivity index (χ0n) is 17.4. The van der Waals surface area contributed by atoms with Gasteiger partial charge in [-0.3, -0.25) is 9.59 Å². The average Bonchev–Trinajstić information content (AvgIpc) is 3.25. The number of esters is 1. The van der Waals surface area contributed by atoms with E-state index in [1.165, 1.54) is 18.4 Å². The Hall–Kier alpha value is -2.41. The summed E-state index contributed by atoms with van der Waals surface area (Å²) in [7, 11) is 1.33. The highest BCUT2D eigenvalue weighted by Crippen LogP contribution is 2.24. The number of amides is 1. The molecule has 0 aliphatic heterocycles. The second-order valence-electron chi connectivity index (χ2n) is 7.15. The molecule has 0 aliphatic carbocycles. The number of rotatable bonds is 8. The van der Waals surface area contributed by atoms with Crippen molar-refractivity contribution in [3.05, 3.63) is 44.9 Å². The standard InChI is InChI=1S/C21H28N2O4S/c1-7-23-15(5)18(14(4)19(23)21(26)27-6)16(24)12-22(11-13(2)3)20(25)17-9-8-10-28-17/h8-10,13H,7,11-12H2,1-6H3. The maximum absolute atomic E-state index is 13.2. The molecule has 0 aromatic carbocycles. The topological polar surface area (TPSA) is 68.6 Å². The lowest BCUT2D eigenvalue weighted by atomic mass is 10.0. The molecular formula is C21H28N2O4S. The summed E-state index contributed by atoms with van der Waals surface area (Å²) in [5.74, 6) is -0.548. The molecule has 0 bridgehead atoms. The van der Waals surface area contributed by atoms with Gasteiger partial charge >= 0.3 is 5.97 Å². The quantitative estimate of drug-likeness (QED) is 0.493. The monoisotopic (exact) mass is 404 g/mol. The highest BCUT2D eigenvalue weighted by atomic mass is 32.1. The molecular weight excluding hydrogens is 376 g/mol.